The van der Waals surface area contributed by atoms with E-state index < -0.39 is 52.2 Å². The van der Waals surface area contributed by atoms with Crippen LogP contribution in [0.2, 0.25) is 0 Å². The number of aromatic nitrogens is 1. The Morgan fingerprint density at radius 2 is 1.77 bits per heavy atom. The zero-order chi connectivity index (χ0) is 37.9. The first kappa shape index (κ1) is 37.3. The van der Waals surface area contributed by atoms with E-state index in [2.05, 4.69) is 41.8 Å². The fraction of sp³-hybridized carbons (Fsp3) is 0.314. The minimum Gasteiger partial charge on any atom is -0.495 e. The zero-order valence-electron chi connectivity index (χ0n) is 28.6. The number of methoxy groups -OCH3 is 1. The lowest BCUT2D eigenvalue weighted by molar-refractivity contribution is -0.136. The van der Waals surface area contributed by atoms with Crippen LogP contribution in [0.1, 0.15) is 58.5 Å². The summed E-state index contributed by atoms with van der Waals surface area (Å²) >= 11 is 3.29. The zero-order valence-corrected chi connectivity index (χ0v) is 31.0. The molecule has 2 aliphatic heterocycles. The number of carbonyl (C=O) groups excluding carboxylic acids is 5. The second kappa shape index (κ2) is 15.6. The average Bonchev–Trinajstić information content (AvgIpc) is 3.60. The Hall–Kier alpha value is -5.49. The molecule has 16 nitrogen and oxygen atoms in total. The van der Waals surface area contributed by atoms with Gasteiger partial charge in [0.25, 0.3) is 27.7 Å². The highest BCUT2D eigenvalue weighted by atomic mass is 79.9. The van der Waals surface area contributed by atoms with Gasteiger partial charge >= 0.3 is 0 Å². The number of aryl methyl sites for hydroxylation is 1. The van der Waals surface area contributed by atoms with Crippen molar-refractivity contribution in [1.29, 1.82) is 0 Å². The molecule has 3 aromatic carbocycles. The lowest BCUT2D eigenvalue weighted by Crippen LogP contribution is -2.54. The highest BCUT2D eigenvalue weighted by Crippen LogP contribution is 2.36. The van der Waals surface area contributed by atoms with Gasteiger partial charge in [0.2, 0.25) is 11.8 Å². The van der Waals surface area contributed by atoms with Crippen LogP contribution < -0.4 is 30.1 Å². The van der Waals surface area contributed by atoms with Gasteiger partial charge in [0, 0.05) is 41.1 Å². The van der Waals surface area contributed by atoms with Crippen molar-refractivity contribution in [2.75, 3.05) is 36.8 Å². The highest BCUT2D eigenvalue weighted by molar-refractivity contribution is 9.10. The fourth-order valence-corrected chi connectivity index (χ4v) is 7.78. The summed E-state index contributed by atoms with van der Waals surface area (Å²) in [6.07, 6.45) is 2.29. The first-order valence-electron chi connectivity index (χ1n) is 16.6. The second-order valence-corrected chi connectivity index (χ2v) is 14.9. The number of halogens is 1. The topological polar surface area (TPSA) is 215 Å². The Morgan fingerprint density at radius 1 is 1.00 bits per heavy atom. The number of unbranched alkanes of at least 4 members (excludes halogenated alkanes) is 2. The fourth-order valence-electron chi connectivity index (χ4n) is 6.01. The number of nitrogens with zero attached hydrogens (tertiary/aromatic N) is 2. The standard InChI is InChI=1S/C35H35BrN6O10S/c1-19-23-16-25(41-53(48,49)30-14-20(36)6-10-27(30)50-2)29(17-28(23)52-40-19)51-18-32(44)38-13-5-3-4-12-37-21-7-8-22-24(15-21)35(47)42(34(22)46)26-9-11-31(43)39-33(26)45/h6-8,10,14-17,26,37,41H,3-5,9,11-13,18H2,1-2H3,(H,38,44)(H,39,43,45). The Bertz CT molecular complexity index is 2240. The molecule has 0 aliphatic carbocycles. The predicted octanol–water partition coefficient (Wildman–Crippen LogP) is 3.89. The predicted molar refractivity (Wildman–Crippen MR) is 194 cm³/mol. The first-order chi connectivity index (χ1) is 25.4. The van der Waals surface area contributed by atoms with E-state index in [1.54, 1.807) is 31.2 Å². The number of hydrogen-bond acceptors (Lipinski definition) is 12. The Balaban J connectivity index is 0.968. The maximum absolute atomic E-state index is 13.4. The Labute approximate surface area is 312 Å². The number of rotatable bonds is 15. The molecule has 3 heterocycles. The van der Waals surface area contributed by atoms with Gasteiger partial charge in [-0.2, -0.15) is 0 Å². The van der Waals surface area contributed by atoms with Crippen LogP contribution in [0.4, 0.5) is 11.4 Å². The van der Waals surface area contributed by atoms with Crippen molar-refractivity contribution in [1.82, 2.24) is 20.7 Å². The molecule has 53 heavy (non-hydrogen) atoms. The number of sulfonamides is 1. The van der Waals surface area contributed by atoms with Crippen LogP contribution in [0.15, 0.2) is 62.4 Å². The van der Waals surface area contributed by atoms with Crippen LogP contribution in [0, 0.1) is 6.92 Å². The number of imide groups is 2. The van der Waals surface area contributed by atoms with E-state index in [4.69, 9.17) is 14.0 Å². The number of fused-ring (bicyclic) bond motifs is 2. The Kier molecular flexibility index (Phi) is 11.0. The lowest BCUT2D eigenvalue weighted by atomic mass is 10.0. The van der Waals surface area contributed by atoms with Gasteiger partial charge in [-0.1, -0.05) is 21.1 Å². The largest absolute Gasteiger partial charge is 0.495 e. The van der Waals surface area contributed by atoms with Crippen LogP contribution in [-0.4, -0.2) is 80.9 Å². The summed E-state index contributed by atoms with van der Waals surface area (Å²) in [6.45, 7) is 2.25. The van der Waals surface area contributed by atoms with Gasteiger partial charge in [0.15, 0.2) is 12.2 Å². The lowest BCUT2D eigenvalue weighted by Gasteiger charge is -2.27. The van der Waals surface area contributed by atoms with E-state index in [-0.39, 0.29) is 46.1 Å². The van der Waals surface area contributed by atoms with Gasteiger partial charge in [0.05, 0.1) is 29.6 Å². The number of piperidine rings is 1. The van der Waals surface area contributed by atoms with Crippen molar-refractivity contribution < 1.29 is 46.4 Å². The van der Waals surface area contributed by atoms with Crippen molar-refractivity contribution in [3.05, 3.63) is 69.8 Å². The van der Waals surface area contributed by atoms with Gasteiger partial charge in [-0.05, 0) is 75.1 Å². The Morgan fingerprint density at radius 3 is 2.55 bits per heavy atom. The number of anilines is 2. The number of benzene rings is 3. The van der Waals surface area contributed by atoms with E-state index >= 15 is 0 Å². The third-order valence-electron chi connectivity index (χ3n) is 8.72. The highest BCUT2D eigenvalue weighted by Gasteiger charge is 2.44. The molecule has 1 unspecified atom stereocenters. The van der Waals surface area contributed by atoms with Crippen molar-refractivity contribution in [2.24, 2.45) is 0 Å². The molecule has 0 saturated carbocycles. The van der Waals surface area contributed by atoms with Crippen LogP contribution in [-0.2, 0) is 24.4 Å². The summed E-state index contributed by atoms with van der Waals surface area (Å²) in [5.74, 6) is -2.44. The molecule has 278 valence electrons. The summed E-state index contributed by atoms with van der Waals surface area (Å²) in [4.78, 5) is 63.2. The average molecular weight is 812 g/mol. The van der Waals surface area contributed by atoms with Crippen LogP contribution in [0.25, 0.3) is 11.0 Å². The molecular formula is C35H35BrN6O10S. The molecule has 4 aromatic rings. The molecule has 5 amide bonds. The third-order valence-corrected chi connectivity index (χ3v) is 10.6. The molecule has 1 atom stereocenters. The van der Waals surface area contributed by atoms with E-state index in [0.717, 1.165) is 17.7 Å². The van der Waals surface area contributed by atoms with Gasteiger partial charge < -0.3 is 24.6 Å². The molecule has 0 bridgehead atoms. The SMILES string of the molecule is COc1ccc(Br)cc1S(=O)(=O)Nc1cc2c(C)noc2cc1OCC(=O)NCCCCCNc1ccc2c(c1)C(=O)N(C1CCC(=O)NC1=O)C2=O. The number of carbonyl (C=O) groups is 5. The molecule has 0 radical (unpaired) electrons. The van der Waals surface area contributed by atoms with Crippen LogP contribution >= 0.6 is 15.9 Å². The van der Waals surface area contributed by atoms with Crippen molar-refractivity contribution in [2.45, 2.75) is 50.0 Å². The minimum absolute atomic E-state index is 0.0483. The number of amides is 5. The first-order valence-corrected chi connectivity index (χ1v) is 18.9. The summed E-state index contributed by atoms with van der Waals surface area (Å²) in [5, 5.41) is 12.7. The van der Waals surface area contributed by atoms with Gasteiger partial charge in [-0.15, -0.1) is 0 Å². The summed E-state index contributed by atoms with van der Waals surface area (Å²) < 4.78 is 46.3. The summed E-state index contributed by atoms with van der Waals surface area (Å²) in [7, 11) is -2.79. The van der Waals surface area contributed by atoms with Crippen LogP contribution in [0.3, 0.4) is 0 Å². The molecule has 6 rings (SSSR count). The van der Waals surface area contributed by atoms with E-state index in [1.807, 2.05) is 0 Å². The molecule has 4 N–H and O–H groups in total. The number of hydrogen-bond donors (Lipinski definition) is 4. The van der Waals surface area contributed by atoms with Crippen LogP contribution in [0.5, 0.6) is 11.5 Å². The third kappa shape index (κ3) is 8.12. The molecule has 1 saturated heterocycles. The maximum Gasteiger partial charge on any atom is 0.265 e. The van der Waals surface area contributed by atoms with E-state index in [9.17, 15) is 32.4 Å². The molecule has 1 aromatic heterocycles. The monoisotopic (exact) mass is 810 g/mol. The molecular weight excluding hydrogens is 776 g/mol. The quantitative estimate of drug-likeness (QED) is 0.0995. The molecule has 18 heteroatoms. The smallest absolute Gasteiger partial charge is 0.265 e. The van der Waals surface area contributed by atoms with Gasteiger partial charge in [-0.25, -0.2) is 8.42 Å². The number of nitrogens with one attached hydrogen (secondary N) is 4. The van der Waals surface area contributed by atoms with Crippen molar-refractivity contribution >= 4 is 77.8 Å². The minimum atomic E-state index is -4.16. The molecule has 1 fully saturated rings. The summed E-state index contributed by atoms with van der Waals surface area (Å²) in [5.41, 5.74) is 2.01. The number of ether oxygens (including phenoxy) is 2. The normalized spacial score (nSPS) is 15.7. The molecule has 2 aliphatic rings. The van der Waals surface area contributed by atoms with Crippen molar-refractivity contribution in [3.8, 4) is 11.5 Å². The van der Waals surface area contributed by atoms with E-state index in [1.165, 1.54) is 31.4 Å². The van der Waals surface area contributed by atoms with E-state index in [0.29, 0.717) is 46.3 Å². The second-order valence-electron chi connectivity index (χ2n) is 12.3. The van der Waals surface area contributed by atoms with Gasteiger partial charge in [0.1, 0.15) is 22.4 Å². The molecule has 0 spiro atoms. The maximum atomic E-state index is 13.4. The van der Waals surface area contributed by atoms with Gasteiger partial charge in [-0.3, -0.25) is 38.9 Å². The van der Waals surface area contributed by atoms with Crippen molar-refractivity contribution in [3.63, 3.8) is 0 Å². The summed E-state index contributed by atoms with van der Waals surface area (Å²) in [6, 6.07) is 11.4.